The number of ether oxygens (including phenoxy) is 4. The van der Waals surface area contributed by atoms with Gasteiger partial charge in [-0.15, -0.1) is 0 Å². The number of aliphatic hydroxyl groups is 1. The van der Waals surface area contributed by atoms with E-state index >= 15 is 0 Å². The SMILES string of the molecule is CCCC/C=C\CCCCCCCC(=O)OCC(COP(=O)(O)OCC(O)COP(=O)(O)OCC(COC(=O)CCCCCCCCCCCCCCCCC)OC(=O)CCCCCCCCCCCCCCCCC)OC(=O)CCCCCCC/C=C\CCCC. The third-order valence-corrected chi connectivity index (χ3v) is 18.3. The predicted molar refractivity (Wildman–Crippen MR) is 372 cm³/mol. The van der Waals surface area contributed by atoms with Crippen LogP contribution in [0.3, 0.4) is 0 Å². The molecule has 542 valence electrons. The highest BCUT2D eigenvalue weighted by atomic mass is 31.2. The zero-order valence-electron chi connectivity index (χ0n) is 59.0. The number of unbranched alkanes of at least 4 members (excludes halogenated alkanes) is 42. The number of hydrogen-bond acceptors (Lipinski definition) is 15. The minimum atomic E-state index is -4.96. The number of hydrogen-bond donors (Lipinski definition) is 3. The van der Waals surface area contributed by atoms with Crippen LogP contribution in [0.1, 0.15) is 362 Å². The van der Waals surface area contributed by atoms with E-state index in [-0.39, 0.29) is 25.7 Å². The number of esters is 4. The molecule has 0 aromatic carbocycles. The first-order valence-corrected chi connectivity index (χ1v) is 40.6. The molecule has 19 heteroatoms. The van der Waals surface area contributed by atoms with Crippen LogP contribution in [-0.2, 0) is 65.4 Å². The fourth-order valence-electron chi connectivity index (χ4n) is 10.6. The molecule has 0 amide bonds. The summed E-state index contributed by atoms with van der Waals surface area (Å²) < 4.78 is 68.3. The van der Waals surface area contributed by atoms with Crippen LogP contribution in [0.2, 0.25) is 0 Å². The Hall–Kier alpha value is -2.46. The number of phosphoric acid groups is 2. The molecule has 0 heterocycles. The highest BCUT2D eigenvalue weighted by Crippen LogP contribution is 2.45. The van der Waals surface area contributed by atoms with E-state index in [4.69, 9.17) is 37.0 Å². The monoisotopic (exact) mass is 1350 g/mol. The molecule has 17 nitrogen and oxygen atoms in total. The standard InChI is InChI=1S/C73H138O17P2/c1-5-9-13-17-21-25-29-31-33-35-39-42-46-50-54-58-71(76)84-64-69(90-73(78)60-56-52-48-44-40-36-34-32-30-26-22-18-14-10-6-2)66-88-92(81,82)86-62-67(74)61-85-91(79,80)87-65-68(89-72(77)59-55-51-47-43-38-28-24-20-16-12-8-4)63-83-70(75)57-53-49-45-41-37-27-23-19-15-11-7-3/h19-20,23-24,67-69,74H,5-18,21-22,25-66H2,1-4H3,(H,79,80)(H,81,82)/b23-19-,24-20-. The Morgan fingerprint density at radius 2 is 0.511 bits per heavy atom. The maximum absolute atomic E-state index is 13.1. The molecule has 0 aromatic rings. The van der Waals surface area contributed by atoms with Gasteiger partial charge in [0.1, 0.15) is 19.3 Å². The summed E-state index contributed by atoms with van der Waals surface area (Å²) in [6.07, 6.45) is 58.9. The van der Waals surface area contributed by atoms with Gasteiger partial charge in [0.25, 0.3) is 0 Å². The van der Waals surface area contributed by atoms with Crippen LogP contribution in [0.4, 0.5) is 0 Å². The second kappa shape index (κ2) is 67.1. The maximum Gasteiger partial charge on any atom is 0.472 e. The predicted octanol–water partition coefficient (Wildman–Crippen LogP) is 21.0. The van der Waals surface area contributed by atoms with Gasteiger partial charge in [0.05, 0.1) is 26.4 Å². The van der Waals surface area contributed by atoms with Gasteiger partial charge in [-0.2, -0.15) is 0 Å². The molecule has 0 saturated heterocycles. The highest BCUT2D eigenvalue weighted by molar-refractivity contribution is 7.47. The van der Waals surface area contributed by atoms with Crippen LogP contribution in [0.25, 0.3) is 0 Å². The molecule has 0 aliphatic rings. The molecule has 5 unspecified atom stereocenters. The summed E-state index contributed by atoms with van der Waals surface area (Å²) in [7, 11) is -9.91. The Kier molecular flexibility index (Phi) is 65.3. The molecule has 92 heavy (non-hydrogen) atoms. The van der Waals surface area contributed by atoms with E-state index in [1.807, 2.05) is 0 Å². The van der Waals surface area contributed by atoms with Crippen LogP contribution in [0.5, 0.6) is 0 Å². The molecule has 0 aliphatic heterocycles. The molecule has 0 rings (SSSR count). The third-order valence-electron chi connectivity index (χ3n) is 16.4. The molecular formula is C73H138O17P2. The minimum absolute atomic E-state index is 0.0895. The van der Waals surface area contributed by atoms with E-state index in [1.165, 1.54) is 161 Å². The van der Waals surface area contributed by atoms with Gasteiger partial charge in [-0.3, -0.25) is 37.3 Å². The number of phosphoric ester groups is 2. The number of carbonyl (C=O) groups excluding carboxylic acids is 4. The van der Waals surface area contributed by atoms with Crippen molar-refractivity contribution in [2.45, 2.75) is 380 Å². The van der Waals surface area contributed by atoms with Crippen molar-refractivity contribution in [3.8, 4) is 0 Å². The zero-order chi connectivity index (χ0) is 67.5. The Balaban J connectivity index is 5.26. The number of aliphatic hydroxyl groups excluding tert-OH is 1. The van der Waals surface area contributed by atoms with E-state index in [0.717, 1.165) is 122 Å². The van der Waals surface area contributed by atoms with Crippen molar-refractivity contribution in [3.05, 3.63) is 24.3 Å². The average molecular weight is 1350 g/mol. The van der Waals surface area contributed by atoms with Crippen molar-refractivity contribution >= 4 is 39.5 Å². The highest BCUT2D eigenvalue weighted by Gasteiger charge is 2.30. The summed E-state index contributed by atoms with van der Waals surface area (Å²) in [5, 5.41) is 10.6. The lowest BCUT2D eigenvalue weighted by Crippen LogP contribution is -2.30. The zero-order valence-corrected chi connectivity index (χ0v) is 60.8. The normalized spacial score (nSPS) is 14.1. The Labute approximate surface area is 561 Å². The van der Waals surface area contributed by atoms with Gasteiger partial charge in [0.2, 0.25) is 0 Å². The summed E-state index contributed by atoms with van der Waals surface area (Å²) in [4.78, 5) is 72.6. The average Bonchev–Trinajstić information content (AvgIpc) is 2.39. The lowest BCUT2D eigenvalue weighted by molar-refractivity contribution is -0.161. The lowest BCUT2D eigenvalue weighted by Gasteiger charge is -2.21. The maximum atomic E-state index is 13.1. The largest absolute Gasteiger partial charge is 0.472 e. The molecule has 0 spiro atoms. The molecule has 0 radical (unpaired) electrons. The molecule has 0 aliphatic carbocycles. The van der Waals surface area contributed by atoms with Crippen molar-refractivity contribution in [1.82, 2.24) is 0 Å². The van der Waals surface area contributed by atoms with E-state index in [0.29, 0.717) is 25.7 Å². The van der Waals surface area contributed by atoms with Crippen molar-refractivity contribution in [2.24, 2.45) is 0 Å². The first-order chi connectivity index (χ1) is 44.7. The summed E-state index contributed by atoms with van der Waals surface area (Å²) >= 11 is 0. The van der Waals surface area contributed by atoms with Crippen molar-refractivity contribution in [1.29, 1.82) is 0 Å². The molecule has 0 bridgehead atoms. The van der Waals surface area contributed by atoms with Crippen LogP contribution in [0, 0.1) is 0 Å². The van der Waals surface area contributed by atoms with Gasteiger partial charge in [-0.05, 0) is 64.2 Å². The van der Waals surface area contributed by atoms with Gasteiger partial charge >= 0.3 is 39.5 Å². The fourth-order valence-corrected chi connectivity index (χ4v) is 12.2. The fraction of sp³-hybridized carbons (Fsp3) is 0.890. The van der Waals surface area contributed by atoms with E-state index in [1.54, 1.807) is 0 Å². The van der Waals surface area contributed by atoms with Gasteiger partial charge in [0.15, 0.2) is 12.2 Å². The summed E-state index contributed by atoms with van der Waals surface area (Å²) in [5.41, 5.74) is 0. The second-order valence-corrected chi connectivity index (χ2v) is 28.5. The molecule has 0 fully saturated rings. The van der Waals surface area contributed by atoms with Gasteiger partial charge in [0, 0.05) is 25.7 Å². The Bertz CT molecular complexity index is 1850. The van der Waals surface area contributed by atoms with Crippen molar-refractivity contribution in [2.75, 3.05) is 39.6 Å². The van der Waals surface area contributed by atoms with Crippen LogP contribution < -0.4 is 0 Å². The Morgan fingerprint density at radius 3 is 0.783 bits per heavy atom. The topological polar surface area (TPSA) is 237 Å². The first-order valence-electron chi connectivity index (χ1n) is 37.6. The minimum Gasteiger partial charge on any atom is -0.462 e. The quantitative estimate of drug-likeness (QED) is 0.0169. The number of carbonyl (C=O) groups is 4. The van der Waals surface area contributed by atoms with Gasteiger partial charge in [-0.1, -0.05) is 296 Å². The van der Waals surface area contributed by atoms with Gasteiger partial charge < -0.3 is 33.8 Å². The van der Waals surface area contributed by atoms with E-state index in [2.05, 4.69) is 52.0 Å². The Morgan fingerprint density at radius 1 is 0.293 bits per heavy atom. The van der Waals surface area contributed by atoms with Crippen LogP contribution in [0.15, 0.2) is 24.3 Å². The van der Waals surface area contributed by atoms with E-state index in [9.17, 15) is 43.2 Å². The third kappa shape index (κ3) is 66.2. The lowest BCUT2D eigenvalue weighted by atomic mass is 10.0. The van der Waals surface area contributed by atoms with E-state index < -0.39 is 97.5 Å². The molecule has 0 aromatic heterocycles. The summed E-state index contributed by atoms with van der Waals surface area (Å²) in [6, 6.07) is 0. The molecule has 0 saturated carbocycles. The summed E-state index contributed by atoms with van der Waals surface area (Å²) in [6.45, 7) is 4.85. The van der Waals surface area contributed by atoms with Crippen molar-refractivity contribution < 1.29 is 80.2 Å². The molecule has 3 N–H and O–H groups in total. The number of allylic oxidation sites excluding steroid dienone is 4. The number of rotatable bonds is 72. The molecular weight excluding hydrogens is 1210 g/mol. The summed E-state index contributed by atoms with van der Waals surface area (Å²) in [5.74, 6) is -2.15. The van der Waals surface area contributed by atoms with Gasteiger partial charge in [-0.25, -0.2) is 9.13 Å². The smallest absolute Gasteiger partial charge is 0.462 e. The van der Waals surface area contributed by atoms with Crippen LogP contribution in [-0.4, -0.2) is 96.7 Å². The van der Waals surface area contributed by atoms with Crippen molar-refractivity contribution in [3.63, 3.8) is 0 Å². The second-order valence-electron chi connectivity index (χ2n) is 25.6. The first kappa shape index (κ1) is 89.5. The van der Waals surface area contributed by atoms with Crippen LogP contribution >= 0.6 is 15.6 Å². The molecule has 5 atom stereocenters.